The summed E-state index contributed by atoms with van der Waals surface area (Å²) in [6.45, 7) is 4.62. The van der Waals surface area contributed by atoms with Crippen LogP contribution in [0.5, 0.6) is 0 Å². The molecule has 0 bridgehead atoms. The normalized spacial score (nSPS) is 11.6. The lowest BCUT2D eigenvalue weighted by molar-refractivity contribution is 0.146. The zero-order valence-electron chi connectivity index (χ0n) is 13.2. The third-order valence-electron chi connectivity index (χ3n) is 2.94. The summed E-state index contributed by atoms with van der Waals surface area (Å²) >= 11 is 0. The highest BCUT2D eigenvalue weighted by atomic mass is 16.5. The first-order chi connectivity index (χ1) is 11.3. The van der Waals surface area contributed by atoms with Crippen LogP contribution in [-0.4, -0.2) is 47.4 Å². The molecule has 0 amide bonds. The number of rotatable bonds is 9. The van der Waals surface area contributed by atoms with Crippen LogP contribution in [0.25, 0.3) is 11.6 Å². The summed E-state index contributed by atoms with van der Waals surface area (Å²) in [5, 5.41) is 6.94. The van der Waals surface area contributed by atoms with Gasteiger partial charge in [0.25, 0.3) is 5.89 Å². The van der Waals surface area contributed by atoms with Crippen LogP contribution in [0.2, 0.25) is 0 Å². The number of aliphatic imine (C=N–C) groups is 1. The Morgan fingerprint density at radius 1 is 1.43 bits per heavy atom. The van der Waals surface area contributed by atoms with Crippen molar-refractivity contribution in [3.63, 3.8) is 0 Å². The summed E-state index contributed by atoms with van der Waals surface area (Å²) in [6.07, 6.45) is 3.13. The molecule has 3 N–H and O–H groups in total. The number of aromatic nitrogens is 3. The van der Waals surface area contributed by atoms with Crippen LogP contribution in [0.15, 0.2) is 33.9 Å². The fourth-order valence-electron chi connectivity index (χ4n) is 1.82. The van der Waals surface area contributed by atoms with Gasteiger partial charge in [0.15, 0.2) is 11.8 Å². The van der Waals surface area contributed by atoms with Crippen molar-refractivity contribution in [2.75, 3.05) is 26.3 Å². The summed E-state index contributed by atoms with van der Waals surface area (Å²) in [6, 6.07) is 5.53. The number of guanidine groups is 1. The molecule has 0 unspecified atom stereocenters. The molecule has 0 aliphatic rings. The minimum absolute atomic E-state index is 0.412. The molecular weight excluding hydrogens is 296 g/mol. The first-order valence-corrected chi connectivity index (χ1v) is 7.65. The van der Waals surface area contributed by atoms with Gasteiger partial charge in [0.1, 0.15) is 5.69 Å². The van der Waals surface area contributed by atoms with Crippen molar-refractivity contribution in [1.29, 1.82) is 0 Å². The van der Waals surface area contributed by atoms with E-state index in [1.165, 1.54) is 0 Å². The monoisotopic (exact) mass is 318 g/mol. The molecule has 23 heavy (non-hydrogen) atoms. The average Bonchev–Trinajstić information content (AvgIpc) is 3.04. The molecule has 0 aliphatic carbocycles. The highest BCUT2D eigenvalue weighted by Gasteiger charge is 2.09. The molecule has 2 heterocycles. The van der Waals surface area contributed by atoms with Crippen LogP contribution in [0, 0.1) is 0 Å². The van der Waals surface area contributed by atoms with E-state index in [0.717, 1.165) is 13.0 Å². The van der Waals surface area contributed by atoms with Crippen LogP contribution in [0.4, 0.5) is 0 Å². The number of pyridine rings is 1. The van der Waals surface area contributed by atoms with E-state index in [0.29, 0.717) is 49.5 Å². The molecular formula is C15H22N6O2. The highest BCUT2D eigenvalue weighted by molar-refractivity contribution is 5.77. The number of nitrogens with one attached hydrogen (secondary N) is 1. The van der Waals surface area contributed by atoms with Gasteiger partial charge in [-0.15, -0.1) is 0 Å². The van der Waals surface area contributed by atoms with Crippen molar-refractivity contribution in [3.8, 4) is 11.6 Å². The second kappa shape index (κ2) is 9.52. The van der Waals surface area contributed by atoms with Crippen LogP contribution in [0.1, 0.15) is 19.2 Å². The van der Waals surface area contributed by atoms with Gasteiger partial charge in [-0.25, -0.2) is 0 Å². The second-order valence-electron chi connectivity index (χ2n) is 4.72. The van der Waals surface area contributed by atoms with Gasteiger partial charge in [-0.3, -0.25) is 9.98 Å². The largest absolute Gasteiger partial charge is 0.382 e. The number of nitrogens with zero attached hydrogens (tertiary/aromatic N) is 4. The smallest absolute Gasteiger partial charge is 0.276 e. The zero-order valence-corrected chi connectivity index (χ0v) is 13.2. The first-order valence-electron chi connectivity index (χ1n) is 7.65. The quantitative estimate of drug-likeness (QED) is 0.403. The Morgan fingerprint density at radius 3 is 3.13 bits per heavy atom. The molecule has 124 valence electrons. The lowest BCUT2D eigenvalue weighted by Gasteiger charge is -2.03. The predicted molar refractivity (Wildman–Crippen MR) is 86.8 cm³/mol. The second-order valence-corrected chi connectivity index (χ2v) is 4.72. The van der Waals surface area contributed by atoms with Gasteiger partial charge in [-0.1, -0.05) is 11.2 Å². The summed E-state index contributed by atoms with van der Waals surface area (Å²) in [7, 11) is 0. The molecule has 0 saturated heterocycles. The van der Waals surface area contributed by atoms with Crippen LogP contribution in [0.3, 0.4) is 0 Å². The number of hydrogen-bond acceptors (Lipinski definition) is 6. The van der Waals surface area contributed by atoms with E-state index < -0.39 is 0 Å². The van der Waals surface area contributed by atoms with Gasteiger partial charge in [-0.05, 0) is 25.5 Å². The standard InChI is InChI=1S/C15H22N6O2/c1-2-22-11-5-9-18-15(16)19-10-7-13-20-14(23-21-13)12-6-3-4-8-17-12/h3-4,6,8H,2,5,7,9-11H2,1H3,(H3,16,18,19). The maximum absolute atomic E-state index is 5.77. The van der Waals surface area contributed by atoms with Crippen LogP contribution >= 0.6 is 0 Å². The van der Waals surface area contributed by atoms with E-state index in [9.17, 15) is 0 Å². The minimum Gasteiger partial charge on any atom is -0.382 e. The van der Waals surface area contributed by atoms with Gasteiger partial charge in [0.2, 0.25) is 0 Å². The fraction of sp³-hybridized carbons (Fsp3) is 0.467. The fourth-order valence-corrected chi connectivity index (χ4v) is 1.82. The van der Waals surface area contributed by atoms with Crippen molar-refractivity contribution in [1.82, 2.24) is 20.4 Å². The number of hydrogen-bond donors (Lipinski definition) is 2. The van der Waals surface area contributed by atoms with Crippen LogP contribution < -0.4 is 11.1 Å². The van der Waals surface area contributed by atoms with Gasteiger partial charge in [0, 0.05) is 38.9 Å². The van der Waals surface area contributed by atoms with Crippen LogP contribution in [-0.2, 0) is 11.2 Å². The minimum atomic E-state index is 0.412. The Labute approximate surface area is 135 Å². The molecule has 2 rings (SSSR count). The Balaban J connectivity index is 1.70. The summed E-state index contributed by atoms with van der Waals surface area (Å²) in [4.78, 5) is 12.7. The summed E-state index contributed by atoms with van der Waals surface area (Å²) in [5.41, 5.74) is 6.43. The molecule has 2 aromatic rings. The van der Waals surface area contributed by atoms with Crippen molar-refractivity contribution < 1.29 is 9.26 Å². The predicted octanol–water partition coefficient (Wildman–Crippen LogP) is 1.00. The maximum atomic E-state index is 5.77. The molecule has 0 aliphatic heterocycles. The topological polar surface area (TPSA) is 111 Å². The van der Waals surface area contributed by atoms with Crippen molar-refractivity contribution in [2.45, 2.75) is 19.8 Å². The molecule has 2 aromatic heterocycles. The molecule has 0 spiro atoms. The van der Waals surface area contributed by atoms with E-state index in [1.54, 1.807) is 6.20 Å². The highest BCUT2D eigenvalue weighted by Crippen LogP contribution is 2.12. The first kappa shape index (κ1) is 16.9. The molecule has 0 aromatic carbocycles. The van der Waals surface area contributed by atoms with Crippen molar-refractivity contribution in [3.05, 3.63) is 30.2 Å². The van der Waals surface area contributed by atoms with Crippen molar-refractivity contribution >= 4 is 5.96 Å². The van der Waals surface area contributed by atoms with E-state index in [2.05, 4.69) is 25.4 Å². The summed E-state index contributed by atoms with van der Waals surface area (Å²) < 4.78 is 10.4. The van der Waals surface area contributed by atoms with E-state index in [1.807, 2.05) is 25.1 Å². The lowest BCUT2D eigenvalue weighted by Crippen LogP contribution is -2.33. The van der Waals surface area contributed by atoms with E-state index >= 15 is 0 Å². The maximum Gasteiger partial charge on any atom is 0.276 e. The van der Waals surface area contributed by atoms with Gasteiger partial charge in [-0.2, -0.15) is 4.98 Å². The van der Waals surface area contributed by atoms with Gasteiger partial charge < -0.3 is 20.3 Å². The van der Waals surface area contributed by atoms with E-state index in [-0.39, 0.29) is 0 Å². The SMILES string of the molecule is CCOCCCN=C(N)NCCc1noc(-c2ccccn2)n1. The zero-order chi connectivity index (χ0) is 16.3. The average molecular weight is 318 g/mol. The molecule has 8 nitrogen and oxygen atoms in total. The molecule has 8 heteroatoms. The Bertz CT molecular complexity index is 599. The third kappa shape index (κ3) is 6.03. The number of ether oxygens (including phenoxy) is 1. The van der Waals surface area contributed by atoms with E-state index in [4.69, 9.17) is 15.0 Å². The lowest BCUT2D eigenvalue weighted by atomic mass is 10.3. The molecule has 0 radical (unpaired) electrons. The Morgan fingerprint density at radius 2 is 2.35 bits per heavy atom. The molecule has 0 atom stereocenters. The Kier molecular flexibility index (Phi) is 6.99. The Hall–Kier alpha value is -2.48. The van der Waals surface area contributed by atoms with Gasteiger partial charge in [0.05, 0.1) is 0 Å². The van der Waals surface area contributed by atoms with Crippen molar-refractivity contribution in [2.24, 2.45) is 10.7 Å². The molecule has 0 saturated carbocycles. The number of nitrogens with two attached hydrogens (primary N) is 1. The molecule has 0 fully saturated rings. The third-order valence-corrected chi connectivity index (χ3v) is 2.94. The van der Waals surface area contributed by atoms with Gasteiger partial charge >= 0.3 is 0 Å². The summed E-state index contributed by atoms with van der Waals surface area (Å²) in [5.74, 6) is 1.43.